The molecule has 2 aliphatic rings. The molecule has 0 saturated carbocycles. The first-order valence-electron chi connectivity index (χ1n) is 11.1. The number of amides is 2. The number of anilines is 1. The van der Waals surface area contributed by atoms with E-state index >= 15 is 0 Å². The molecule has 1 fully saturated rings. The number of carbonyl (C=O) groups is 2. The van der Waals surface area contributed by atoms with E-state index in [-0.39, 0.29) is 17.7 Å². The van der Waals surface area contributed by atoms with Crippen molar-refractivity contribution in [1.82, 2.24) is 9.80 Å². The molecular weight excluding hydrogens is 390 g/mol. The summed E-state index contributed by atoms with van der Waals surface area (Å²) in [6, 6.07) is 16.9. The first-order chi connectivity index (χ1) is 15.1. The number of ether oxygens (including phenoxy) is 1. The minimum atomic E-state index is -0.509. The topological polar surface area (TPSA) is 53.1 Å². The fourth-order valence-electron chi connectivity index (χ4n) is 4.47. The Morgan fingerprint density at radius 1 is 0.935 bits per heavy atom. The van der Waals surface area contributed by atoms with Crippen molar-refractivity contribution in [2.75, 3.05) is 44.3 Å². The van der Waals surface area contributed by atoms with Crippen molar-refractivity contribution in [3.05, 3.63) is 65.7 Å². The van der Waals surface area contributed by atoms with E-state index in [1.165, 1.54) is 0 Å². The van der Waals surface area contributed by atoms with Crippen molar-refractivity contribution in [3.8, 4) is 0 Å². The Kier molecular flexibility index (Phi) is 6.68. The van der Waals surface area contributed by atoms with Gasteiger partial charge in [-0.05, 0) is 23.6 Å². The van der Waals surface area contributed by atoms with Crippen LogP contribution in [-0.2, 0) is 16.1 Å². The molecule has 0 aromatic heterocycles. The SMILES string of the molecule is CC(C)C1C(=O)N(CCN2CCOCC2)c2ccccc2C(=O)N1Cc1ccccc1. The number of fused-ring (bicyclic) bond motifs is 1. The predicted octanol–water partition coefficient (Wildman–Crippen LogP) is 3.03. The van der Waals surface area contributed by atoms with Gasteiger partial charge >= 0.3 is 0 Å². The van der Waals surface area contributed by atoms with Crippen LogP contribution in [0.5, 0.6) is 0 Å². The molecule has 0 bridgehead atoms. The molecule has 31 heavy (non-hydrogen) atoms. The van der Waals surface area contributed by atoms with Crippen molar-refractivity contribution in [1.29, 1.82) is 0 Å². The normalized spacial score (nSPS) is 20.2. The first kappa shape index (κ1) is 21.5. The highest BCUT2D eigenvalue weighted by Gasteiger charge is 2.41. The van der Waals surface area contributed by atoms with Gasteiger partial charge in [-0.25, -0.2) is 0 Å². The van der Waals surface area contributed by atoms with Gasteiger partial charge in [0.15, 0.2) is 0 Å². The Bertz CT molecular complexity index is 909. The monoisotopic (exact) mass is 421 g/mol. The molecule has 0 aliphatic carbocycles. The molecule has 2 aromatic carbocycles. The highest BCUT2D eigenvalue weighted by molar-refractivity contribution is 6.11. The number of hydrogen-bond donors (Lipinski definition) is 0. The van der Waals surface area contributed by atoms with Gasteiger partial charge in [-0.15, -0.1) is 0 Å². The van der Waals surface area contributed by atoms with E-state index in [2.05, 4.69) is 4.90 Å². The zero-order valence-electron chi connectivity index (χ0n) is 18.4. The van der Waals surface area contributed by atoms with E-state index < -0.39 is 6.04 Å². The summed E-state index contributed by atoms with van der Waals surface area (Å²) in [5.74, 6) is -0.0850. The molecule has 0 radical (unpaired) electrons. The minimum absolute atomic E-state index is 0.000334. The highest BCUT2D eigenvalue weighted by Crippen LogP contribution is 2.31. The van der Waals surface area contributed by atoms with E-state index in [0.717, 1.165) is 38.4 Å². The number of nitrogens with zero attached hydrogens (tertiary/aromatic N) is 3. The van der Waals surface area contributed by atoms with Crippen molar-refractivity contribution < 1.29 is 14.3 Å². The van der Waals surface area contributed by atoms with Crippen LogP contribution in [0.15, 0.2) is 54.6 Å². The van der Waals surface area contributed by atoms with Gasteiger partial charge in [0.1, 0.15) is 6.04 Å². The lowest BCUT2D eigenvalue weighted by Crippen LogP contribution is -2.52. The Hall–Kier alpha value is -2.70. The molecule has 0 spiro atoms. The summed E-state index contributed by atoms with van der Waals surface area (Å²) >= 11 is 0. The molecule has 6 heteroatoms. The summed E-state index contributed by atoms with van der Waals surface area (Å²) in [7, 11) is 0. The van der Waals surface area contributed by atoms with Crippen LogP contribution in [0, 0.1) is 5.92 Å². The number of hydrogen-bond acceptors (Lipinski definition) is 4. The lowest BCUT2D eigenvalue weighted by Gasteiger charge is -2.34. The number of carbonyl (C=O) groups excluding carboxylic acids is 2. The van der Waals surface area contributed by atoms with Crippen LogP contribution < -0.4 is 4.90 Å². The second-order valence-electron chi connectivity index (χ2n) is 8.57. The van der Waals surface area contributed by atoms with Gasteiger partial charge in [-0.3, -0.25) is 14.5 Å². The van der Waals surface area contributed by atoms with E-state index in [1.807, 2.05) is 73.3 Å². The zero-order valence-corrected chi connectivity index (χ0v) is 18.4. The van der Waals surface area contributed by atoms with Crippen molar-refractivity contribution in [2.24, 2.45) is 5.92 Å². The third-order valence-electron chi connectivity index (χ3n) is 6.11. The molecule has 4 rings (SSSR count). The molecule has 1 saturated heterocycles. The number of benzene rings is 2. The van der Waals surface area contributed by atoms with E-state index in [0.29, 0.717) is 24.3 Å². The van der Waals surface area contributed by atoms with Crippen LogP contribution in [0.1, 0.15) is 29.8 Å². The summed E-state index contributed by atoms with van der Waals surface area (Å²) in [6.45, 7) is 8.97. The van der Waals surface area contributed by atoms with E-state index in [4.69, 9.17) is 4.74 Å². The highest BCUT2D eigenvalue weighted by atomic mass is 16.5. The third-order valence-corrected chi connectivity index (χ3v) is 6.11. The first-order valence-corrected chi connectivity index (χ1v) is 11.1. The molecule has 6 nitrogen and oxygen atoms in total. The molecular formula is C25H31N3O3. The standard InChI is InChI=1S/C25H31N3O3/c1-19(2)23-25(30)27(13-12-26-14-16-31-17-15-26)22-11-7-6-10-21(22)24(29)28(23)18-20-8-4-3-5-9-20/h3-11,19,23H,12-18H2,1-2H3. The van der Waals surface area contributed by atoms with Gasteiger partial charge in [-0.1, -0.05) is 56.3 Å². The van der Waals surface area contributed by atoms with E-state index in [9.17, 15) is 9.59 Å². The third kappa shape index (κ3) is 4.65. The maximum absolute atomic E-state index is 13.9. The van der Waals surface area contributed by atoms with Crippen molar-refractivity contribution >= 4 is 17.5 Å². The number of rotatable bonds is 6. The Labute approximate surface area is 184 Å². The van der Waals surface area contributed by atoms with Crippen LogP contribution in [0.3, 0.4) is 0 Å². The molecule has 2 amide bonds. The zero-order chi connectivity index (χ0) is 21.8. The van der Waals surface area contributed by atoms with Crippen molar-refractivity contribution in [2.45, 2.75) is 26.4 Å². The second kappa shape index (κ2) is 9.62. The number of morpholine rings is 1. The summed E-state index contributed by atoms with van der Waals surface area (Å²) < 4.78 is 5.45. The fraction of sp³-hybridized carbons (Fsp3) is 0.440. The lowest BCUT2D eigenvalue weighted by molar-refractivity contribution is -0.124. The van der Waals surface area contributed by atoms with Gasteiger partial charge in [0.25, 0.3) is 5.91 Å². The quantitative estimate of drug-likeness (QED) is 0.720. The largest absolute Gasteiger partial charge is 0.379 e. The molecule has 2 aromatic rings. The van der Waals surface area contributed by atoms with Crippen LogP contribution in [-0.4, -0.2) is 67.0 Å². The Morgan fingerprint density at radius 3 is 2.32 bits per heavy atom. The molecule has 164 valence electrons. The molecule has 0 N–H and O–H groups in total. The Morgan fingerprint density at radius 2 is 1.61 bits per heavy atom. The van der Waals surface area contributed by atoms with Gasteiger partial charge in [0.05, 0.1) is 24.5 Å². The van der Waals surface area contributed by atoms with Gasteiger partial charge in [0.2, 0.25) is 5.91 Å². The average molecular weight is 422 g/mol. The van der Waals surface area contributed by atoms with E-state index in [1.54, 1.807) is 4.90 Å². The van der Waals surface area contributed by atoms with Gasteiger partial charge < -0.3 is 14.5 Å². The Balaban J connectivity index is 1.68. The number of para-hydroxylation sites is 1. The maximum Gasteiger partial charge on any atom is 0.256 e. The molecule has 2 heterocycles. The minimum Gasteiger partial charge on any atom is -0.379 e. The summed E-state index contributed by atoms with van der Waals surface area (Å²) in [5.41, 5.74) is 2.33. The van der Waals surface area contributed by atoms with Crippen LogP contribution in [0.4, 0.5) is 5.69 Å². The van der Waals surface area contributed by atoms with Crippen LogP contribution in [0.2, 0.25) is 0 Å². The predicted molar refractivity (Wildman–Crippen MR) is 121 cm³/mol. The fourth-order valence-corrected chi connectivity index (χ4v) is 4.47. The molecule has 2 aliphatic heterocycles. The van der Waals surface area contributed by atoms with Crippen LogP contribution >= 0.6 is 0 Å². The maximum atomic E-state index is 13.9. The van der Waals surface area contributed by atoms with Crippen LogP contribution in [0.25, 0.3) is 0 Å². The van der Waals surface area contributed by atoms with Gasteiger partial charge in [-0.2, -0.15) is 0 Å². The summed E-state index contributed by atoms with van der Waals surface area (Å²) in [6.07, 6.45) is 0. The summed E-state index contributed by atoms with van der Waals surface area (Å²) in [5, 5.41) is 0. The van der Waals surface area contributed by atoms with Gasteiger partial charge in [0, 0.05) is 32.7 Å². The average Bonchev–Trinajstić information content (AvgIpc) is 2.87. The molecule has 1 unspecified atom stereocenters. The molecule has 1 atom stereocenters. The lowest BCUT2D eigenvalue weighted by atomic mass is 10.00. The summed E-state index contributed by atoms with van der Waals surface area (Å²) in [4.78, 5) is 33.4. The second-order valence-corrected chi connectivity index (χ2v) is 8.57. The smallest absolute Gasteiger partial charge is 0.256 e. The van der Waals surface area contributed by atoms with Crippen molar-refractivity contribution in [3.63, 3.8) is 0 Å².